The lowest BCUT2D eigenvalue weighted by molar-refractivity contribution is 0.309. The van der Waals surface area contributed by atoms with Crippen LogP contribution < -0.4 is 9.44 Å². The van der Waals surface area contributed by atoms with Gasteiger partial charge in [-0.1, -0.05) is 50.7 Å². The third kappa shape index (κ3) is 7.54. The summed E-state index contributed by atoms with van der Waals surface area (Å²) in [5.41, 5.74) is 0. The first-order valence-corrected chi connectivity index (χ1v) is 15.3. The number of nitrogens with one attached hydrogen (secondary N) is 2. The van der Waals surface area contributed by atoms with Crippen LogP contribution in [-0.4, -0.2) is 38.4 Å². The van der Waals surface area contributed by atoms with Gasteiger partial charge in [-0.05, 0) is 79.1 Å². The van der Waals surface area contributed by atoms with Crippen molar-refractivity contribution in [3.05, 3.63) is 12.2 Å². The fourth-order valence-electron chi connectivity index (χ4n) is 4.52. The minimum Gasteiger partial charge on any atom is -0.212 e. The minimum atomic E-state index is -3.52. The zero-order valence-electron chi connectivity index (χ0n) is 21.0. The molecule has 0 saturated heterocycles. The van der Waals surface area contributed by atoms with Crippen molar-refractivity contribution in [1.82, 2.24) is 9.44 Å². The quantitative estimate of drug-likeness (QED) is 0.475. The molecule has 0 bridgehead atoms. The number of sulfonamides is 2. The summed E-state index contributed by atoms with van der Waals surface area (Å²) in [6, 6.07) is -0.630. The van der Waals surface area contributed by atoms with Gasteiger partial charge in [-0.25, -0.2) is 26.3 Å². The molecular formula is C24H46N2O4S2. The lowest BCUT2D eigenvalue weighted by atomic mass is 9.82. The topological polar surface area (TPSA) is 92.3 Å². The van der Waals surface area contributed by atoms with E-state index < -0.39 is 29.5 Å². The Morgan fingerprint density at radius 2 is 0.875 bits per heavy atom. The number of hydrogen-bond acceptors (Lipinski definition) is 4. The van der Waals surface area contributed by atoms with Crippen molar-refractivity contribution in [2.45, 2.75) is 127 Å². The highest BCUT2D eigenvalue weighted by atomic mass is 32.2. The average Bonchev–Trinajstić information content (AvgIpc) is 2.69. The van der Waals surface area contributed by atoms with Gasteiger partial charge in [-0.15, -0.1) is 0 Å². The summed E-state index contributed by atoms with van der Waals surface area (Å²) in [5.74, 6) is 0.478. The molecule has 0 radical (unpaired) electrons. The number of hydrogen-bond donors (Lipinski definition) is 2. The third-order valence-corrected chi connectivity index (χ3v) is 11.4. The fourth-order valence-corrected chi connectivity index (χ4v) is 6.49. The Bertz CT molecular complexity index is 754. The van der Waals surface area contributed by atoms with Crippen LogP contribution in [0.1, 0.15) is 106 Å². The molecule has 188 valence electrons. The van der Waals surface area contributed by atoms with Gasteiger partial charge in [0.15, 0.2) is 0 Å². The molecule has 2 saturated carbocycles. The van der Waals surface area contributed by atoms with Crippen LogP contribution in [0.5, 0.6) is 0 Å². The number of rotatable bonds is 8. The lowest BCUT2D eigenvalue weighted by Gasteiger charge is -2.33. The van der Waals surface area contributed by atoms with Gasteiger partial charge in [-0.2, -0.15) is 0 Å². The van der Waals surface area contributed by atoms with E-state index in [1.54, 1.807) is 41.5 Å². The molecule has 8 heteroatoms. The smallest absolute Gasteiger partial charge is 0.212 e. The molecule has 2 aliphatic carbocycles. The van der Waals surface area contributed by atoms with Gasteiger partial charge in [0.25, 0.3) is 0 Å². The van der Waals surface area contributed by atoms with Crippen LogP contribution in [0.4, 0.5) is 0 Å². The summed E-state index contributed by atoms with van der Waals surface area (Å²) in [5, 5.41) is 0. The zero-order chi connectivity index (χ0) is 24.2. The first-order valence-electron chi connectivity index (χ1n) is 12.4. The van der Waals surface area contributed by atoms with Crippen molar-refractivity contribution in [3.8, 4) is 0 Å². The molecule has 2 aliphatic rings. The highest BCUT2D eigenvalue weighted by Crippen LogP contribution is 2.31. The van der Waals surface area contributed by atoms with Gasteiger partial charge in [-0.3, -0.25) is 0 Å². The lowest BCUT2D eigenvalue weighted by Crippen LogP contribution is -2.48. The van der Waals surface area contributed by atoms with Gasteiger partial charge >= 0.3 is 0 Å². The van der Waals surface area contributed by atoms with Gasteiger partial charge in [0.05, 0.1) is 9.49 Å². The molecule has 32 heavy (non-hydrogen) atoms. The van der Waals surface area contributed by atoms with Crippen LogP contribution in [0, 0.1) is 11.8 Å². The van der Waals surface area contributed by atoms with Crippen molar-refractivity contribution >= 4 is 20.0 Å². The van der Waals surface area contributed by atoms with E-state index in [0.29, 0.717) is 0 Å². The molecule has 2 rings (SSSR count). The second kappa shape index (κ2) is 10.9. The van der Waals surface area contributed by atoms with E-state index in [1.807, 2.05) is 12.2 Å². The van der Waals surface area contributed by atoms with Crippen LogP contribution in [0.2, 0.25) is 0 Å². The van der Waals surface area contributed by atoms with Crippen molar-refractivity contribution in [1.29, 1.82) is 0 Å². The summed E-state index contributed by atoms with van der Waals surface area (Å²) in [6.07, 6.45) is 14.7. The second-order valence-electron chi connectivity index (χ2n) is 11.7. The molecule has 0 aliphatic heterocycles. The van der Waals surface area contributed by atoms with E-state index in [4.69, 9.17) is 0 Å². The summed E-state index contributed by atoms with van der Waals surface area (Å²) >= 11 is 0. The maximum absolute atomic E-state index is 13.0. The molecule has 0 aromatic heterocycles. The Morgan fingerprint density at radius 1 is 0.594 bits per heavy atom. The summed E-state index contributed by atoms with van der Waals surface area (Å²) < 4.78 is 55.9. The van der Waals surface area contributed by atoms with Crippen molar-refractivity contribution in [3.63, 3.8) is 0 Å². The molecule has 0 aromatic carbocycles. The molecule has 2 fully saturated rings. The molecule has 0 amide bonds. The van der Waals surface area contributed by atoms with E-state index in [9.17, 15) is 16.8 Å². The zero-order valence-corrected chi connectivity index (χ0v) is 22.6. The third-order valence-electron chi connectivity index (χ3n) is 7.04. The monoisotopic (exact) mass is 490 g/mol. The summed E-state index contributed by atoms with van der Waals surface area (Å²) in [6.45, 7) is 10.2. The molecule has 0 aromatic rings. The minimum absolute atomic E-state index is 0.239. The summed E-state index contributed by atoms with van der Waals surface area (Å²) in [4.78, 5) is 0. The van der Waals surface area contributed by atoms with Crippen molar-refractivity contribution in [2.24, 2.45) is 11.8 Å². The highest BCUT2D eigenvalue weighted by Gasteiger charge is 2.36. The Kier molecular flexibility index (Phi) is 9.45. The van der Waals surface area contributed by atoms with Crippen LogP contribution in [-0.2, 0) is 20.0 Å². The predicted molar refractivity (Wildman–Crippen MR) is 133 cm³/mol. The molecule has 0 heterocycles. The molecule has 0 spiro atoms. The van der Waals surface area contributed by atoms with Gasteiger partial charge in [0, 0.05) is 12.1 Å². The molecule has 2 atom stereocenters. The average molecular weight is 491 g/mol. The second-order valence-corrected chi connectivity index (χ2v) is 16.6. The van der Waals surface area contributed by atoms with Crippen LogP contribution >= 0.6 is 0 Å². The Morgan fingerprint density at radius 3 is 1.12 bits per heavy atom. The van der Waals surface area contributed by atoms with Crippen LogP contribution in [0.15, 0.2) is 12.2 Å². The van der Waals surface area contributed by atoms with Gasteiger partial charge in [0.1, 0.15) is 0 Å². The van der Waals surface area contributed by atoms with Gasteiger partial charge in [0.2, 0.25) is 20.0 Å². The predicted octanol–water partition coefficient (Wildman–Crippen LogP) is 4.88. The fraction of sp³-hybridized carbons (Fsp3) is 0.917. The molecule has 0 unspecified atom stereocenters. The highest BCUT2D eigenvalue weighted by molar-refractivity contribution is 7.91. The van der Waals surface area contributed by atoms with E-state index >= 15 is 0 Å². The maximum Gasteiger partial charge on any atom is 0.217 e. The normalized spacial score (nSPS) is 22.8. The van der Waals surface area contributed by atoms with Gasteiger partial charge < -0.3 is 0 Å². The van der Waals surface area contributed by atoms with E-state index in [2.05, 4.69) is 9.44 Å². The SMILES string of the molecule is CC(C)(C)S(=O)(=O)N[C@H](/C=C/[C@@H](NS(=O)(=O)C(C)(C)C)C1CCCCC1)C1CCCCC1. The Balaban J connectivity index is 2.33. The molecule has 2 N–H and O–H groups in total. The largest absolute Gasteiger partial charge is 0.217 e. The first-order chi connectivity index (χ1) is 14.6. The van der Waals surface area contributed by atoms with Crippen LogP contribution in [0.25, 0.3) is 0 Å². The van der Waals surface area contributed by atoms with E-state index in [1.165, 1.54) is 12.8 Å². The molecule has 6 nitrogen and oxygen atoms in total. The Hall–Kier alpha value is -0.440. The standard InChI is InChI=1S/C24H46N2O4S2/c1-23(2,3)31(27,28)25-21(19-13-9-7-10-14-19)17-18-22(20-15-11-8-12-16-20)26-32(29,30)24(4,5)6/h17-22,25-26H,7-16H2,1-6H3/b18-17+/t21-,22-/m1/s1. The van der Waals surface area contributed by atoms with Crippen LogP contribution in [0.3, 0.4) is 0 Å². The maximum atomic E-state index is 13.0. The Labute approximate surface area is 197 Å². The van der Waals surface area contributed by atoms with Crippen molar-refractivity contribution in [2.75, 3.05) is 0 Å². The summed E-state index contributed by atoms with van der Waals surface area (Å²) in [7, 11) is -7.03. The molecular weight excluding hydrogens is 444 g/mol. The van der Waals surface area contributed by atoms with E-state index in [-0.39, 0.29) is 23.9 Å². The first kappa shape index (κ1) is 27.8. The van der Waals surface area contributed by atoms with Crippen molar-refractivity contribution < 1.29 is 16.8 Å². The van der Waals surface area contributed by atoms with E-state index in [0.717, 1.165) is 51.4 Å².